The van der Waals surface area contributed by atoms with Gasteiger partial charge in [0.25, 0.3) is 0 Å². The first-order valence-electron chi connectivity index (χ1n) is 5.06. The van der Waals surface area contributed by atoms with Crippen LogP contribution in [-0.2, 0) is 9.84 Å². The number of para-hydroxylation sites is 1. The van der Waals surface area contributed by atoms with Gasteiger partial charge in [0.05, 0.1) is 5.75 Å². The van der Waals surface area contributed by atoms with Gasteiger partial charge in [-0.05, 0) is 30.7 Å². The van der Waals surface area contributed by atoms with Crippen LogP contribution in [0.25, 0.3) is 0 Å². The molecule has 1 aromatic rings. The molecule has 0 bridgehead atoms. The largest absolute Gasteiger partial charge is 0.398 e. The molecule has 1 rings (SSSR count). The van der Waals surface area contributed by atoms with E-state index in [1.165, 1.54) is 6.26 Å². The summed E-state index contributed by atoms with van der Waals surface area (Å²) >= 11 is 1.61. The third kappa shape index (κ3) is 4.45. The lowest BCUT2D eigenvalue weighted by Crippen LogP contribution is -2.03. The first-order chi connectivity index (χ1) is 7.40. The molecule has 3 nitrogen and oxygen atoms in total. The van der Waals surface area contributed by atoms with Crippen molar-refractivity contribution < 1.29 is 8.42 Å². The van der Waals surface area contributed by atoms with Crippen molar-refractivity contribution in [3.05, 3.63) is 23.8 Å². The van der Waals surface area contributed by atoms with Gasteiger partial charge in [-0.1, -0.05) is 12.1 Å². The minimum Gasteiger partial charge on any atom is -0.398 e. The number of hydrogen-bond donors (Lipinski definition) is 1. The summed E-state index contributed by atoms with van der Waals surface area (Å²) in [7, 11) is -2.84. The fraction of sp³-hybridized carbons (Fsp3) is 0.455. The van der Waals surface area contributed by atoms with Crippen LogP contribution in [0, 0.1) is 6.92 Å². The van der Waals surface area contributed by atoms with E-state index < -0.39 is 9.84 Å². The maximum Gasteiger partial charge on any atom is 0.147 e. The maximum atomic E-state index is 10.9. The Kier molecular flexibility index (Phi) is 4.68. The summed E-state index contributed by atoms with van der Waals surface area (Å²) < 4.78 is 21.9. The van der Waals surface area contributed by atoms with Crippen molar-refractivity contribution in [3.8, 4) is 0 Å². The minimum absolute atomic E-state index is 0.242. The standard InChI is InChI=1S/C11H17NO2S2/c1-9-5-3-6-10(11(9)12)15-7-4-8-16(2,13)14/h3,5-6H,4,7-8,12H2,1-2H3. The number of aryl methyl sites for hydroxylation is 1. The average molecular weight is 259 g/mol. The van der Waals surface area contributed by atoms with Gasteiger partial charge in [-0.2, -0.15) is 0 Å². The zero-order valence-electron chi connectivity index (χ0n) is 9.56. The third-order valence-corrected chi connectivity index (χ3v) is 4.39. The topological polar surface area (TPSA) is 60.2 Å². The average Bonchev–Trinajstić information content (AvgIpc) is 2.17. The molecule has 0 radical (unpaired) electrons. The number of nitrogen functional groups attached to an aromatic ring is 1. The van der Waals surface area contributed by atoms with Crippen molar-refractivity contribution in [2.45, 2.75) is 18.2 Å². The number of nitrogens with two attached hydrogens (primary N) is 1. The lowest BCUT2D eigenvalue weighted by Gasteiger charge is -2.07. The zero-order valence-corrected chi connectivity index (χ0v) is 11.2. The van der Waals surface area contributed by atoms with E-state index in [2.05, 4.69) is 0 Å². The Morgan fingerprint density at radius 2 is 2.06 bits per heavy atom. The number of thioether (sulfide) groups is 1. The highest BCUT2D eigenvalue weighted by atomic mass is 32.2. The van der Waals surface area contributed by atoms with Crippen molar-refractivity contribution >= 4 is 27.3 Å². The van der Waals surface area contributed by atoms with Gasteiger partial charge in [0, 0.05) is 16.8 Å². The molecule has 2 N–H and O–H groups in total. The van der Waals surface area contributed by atoms with Gasteiger partial charge in [-0.15, -0.1) is 11.8 Å². The van der Waals surface area contributed by atoms with Crippen LogP contribution in [0.1, 0.15) is 12.0 Å². The van der Waals surface area contributed by atoms with Crippen LogP contribution in [-0.4, -0.2) is 26.2 Å². The van der Waals surface area contributed by atoms with Gasteiger partial charge < -0.3 is 5.73 Å². The second kappa shape index (κ2) is 5.59. The van der Waals surface area contributed by atoms with Crippen LogP contribution in [0.15, 0.2) is 23.1 Å². The molecule has 0 aromatic heterocycles. The van der Waals surface area contributed by atoms with Crippen LogP contribution < -0.4 is 5.73 Å². The summed E-state index contributed by atoms with van der Waals surface area (Å²) in [6, 6.07) is 5.90. The van der Waals surface area contributed by atoms with E-state index in [9.17, 15) is 8.42 Å². The minimum atomic E-state index is -2.84. The molecule has 0 fully saturated rings. The number of hydrogen-bond acceptors (Lipinski definition) is 4. The summed E-state index contributed by atoms with van der Waals surface area (Å²) in [5.74, 6) is 1.02. The van der Waals surface area contributed by atoms with Crippen molar-refractivity contribution in [1.29, 1.82) is 0 Å². The Hall–Kier alpha value is -0.680. The number of sulfone groups is 1. The fourth-order valence-electron chi connectivity index (χ4n) is 1.28. The zero-order chi connectivity index (χ0) is 12.2. The van der Waals surface area contributed by atoms with Gasteiger partial charge in [-0.25, -0.2) is 8.42 Å². The second-order valence-electron chi connectivity index (χ2n) is 3.82. The number of rotatable bonds is 5. The molecule has 0 aliphatic carbocycles. The van der Waals surface area contributed by atoms with E-state index >= 15 is 0 Å². The molecular weight excluding hydrogens is 242 g/mol. The highest BCUT2D eigenvalue weighted by molar-refractivity contribution is 7.99. The van der Waals surface area contributed by atoms with Gasteiger partial charge in [-0.3, -0.25) is 0 Å². The number of anilines is 1. The lowest BCUT2D eigenvalue weighted by molar-refractivity contribution is 0.600. The lowest BCUT2D eigenvalue weighted by atomic mass is 10.2. The van der Waals surface area contributed by atoms with Gasteiger partial charge in [0.15, 0.2) is 0 Å². The van der Waals surface area contributed by atoms with E-state index in [-0.39, 0.29) is 5.75 Å². The summed E-state index contributed by atoms with van der Waals surface area (Å²) in [5.41, 5.74) is 7.77. The van der Waals surface area contributed by atoms with Crippen molar-refractivity contribution in [2.75, 3.05) is 23.5 Å². The maximum absolute atomic E-state index is 10.9. The molecule has 0 spiro atoms. The SMILES string of the molecule is Cc1cccc(SCCCS(C)(=O)=O)c1N. The van der Waals surface area contributed by atoms with E-state index in [0.29, 0.717) is 6.42 Å². The molecule has 0 saturated heterocycles. The Morgan fingerprint density at radius 1 is 1.38 bits per heavy atom. The van der Waals surface area contributed by atoms with Crippen LogP contribution in [0.5, 0.6) is 0 Å². The Morgan fingerprint density at radius 3 is 2.69 bits per heavy atom. The number of benzene rings is 1. The van der Waals surface area contributed by atoms with E-state index in [4.69, 9.17) is 5.73 Å². The highest BCUT2D eigenvalue weighted by Gasteiger charge is 2.04. The molecule has 90 valence electrons. The van der Waals surface area contributed by atoms with Gasteiger partial charge >= 0.3 is 0 Å². The molecule has 5 heteroatoms. The van der Waals surface area contributed by atoms with Crippen LogP contribution in [0.2, 0.25) is 0 Å². The molecule has 0 unspecified atom stereocenters. The van der Waals surface area contributed by atoms with Crippen LogP contribution in [0.3, 0.4) is 0 Å². The molecule has 0 atom stereocenters. The van der Waals surface area contributed by atoms with Gasteiger partial charge in [0.1, 0.15) is 9.84 Å². The van der Waals surface area contributed by atoms with Crippen molar-refractivity contribution in [2.24, 2.45) is 0 Å². The summed E-state index contributed by atoms with van der Waals surface area (Å²) in [4.78, 5) is 1.04. The molecule has 0 saturated carbocycles. The van der Waals surface area contributed by atoms with Gasteiger partial charge in [0.2, 0.25) is 0 Å². The predicted molar refractivity (Wildman–Crippen MR) is 70.6 cm³/mol. The molecule has 0 aliphatic heterocycles. The van der Waals surface area contributed by atoms with E-state index in [0.717, 1.165) is 21.9 Å². The summed E-state index contributed by atoms with van der Waals surface area (Å²) in [6.07, 6.45) is 1.93. The van der Waals surface area contributed by atoms with Crippen LogP contribution in [0.4, 0.5) is 5.69 Å². The molecule has 0 heterocycles. The van der Waals surface area contributed by atoms with E-state index in [1.807, 2.05) is 25.1 Å². The second-order valence-corrected chi connectivity index (χ2v) is 7.22. The Labute approximate surface area is 101 Å². The molecule has 0 amide bonds. The molecule has 0 aliphatic rings. The van der Waals surface area contributed by atoms with Crippen LogP contribution >= 0.6 is 11.8 Å². The van der Waals surface area contributed by atoms with Crippen molar-refractivity contribution in [3.63, 3.8) is 0 Å². The highest BCUT2D eigenvalue weighted by Crippen LogP contribution is 2.27. The molecular formula is C11H17NO2S2. The third-order valence-electron chi connectivity index (χ3n) is 2.20. The fourth-order valence-corrected chi connectivity index (χ4v) is 3.13. The summed E-state index contributed by atoms with van der Waals surface area (Å²) in [5, 5.41) is 0. The smallest absolute Gasteiger partial charge is 0.147 e. The predicted octanol–water partition coefficient (Wildman–Crippen LogP) is 2.10. The Balaban J connectivity index is 2.47. The normalized spacial score (nSPS) is 11.6. The first-order valence-corrected chi connectivity index (χ1v) is 8.10. The van der Waals surface area contributed by atoms with E-state index in [1.54, 1.807) is 11.8 Å². The molecule has 1 aromatic carbocycles. The quantitative estimate of drug-likeness (QED) is 0.500. The van der Waals surface area contributed by atoms with Crippen molar-refractivity contribution in [1.82, 2.24) is 0 Å². The first kappa shape index (κ1) is 13.4. The summed E-state index contributed by atoms with van der Waals surface area (Å²) in [6.45, 7) is 1.97. The Bertz CT molecular complexity index is 455. The monoisotopic (exact) mass is 259 g/mol. The molecule has 16 heavy (non-hydrogen) atoms.